The van der Waals surface area contributed by atoms with Crippen molar-refractivity contribution in [3.8, 4) is 0 Å². The molecule has 1 nitrogen and oxygen atoms in total. The molecule has 2 heterocycles. The van der Waals surface area contributed by atoms with Crippen LogP contribution in [-0.2, 0) is 24.7 Å². The van der Waals surface area contributed by atoms with Crippen LogP contribution in [-0.4, -0.2) is 10.3 Å². The summed E-state index contributed by atoms with van der Waals surface area (Å²) in [5.41, 5.74) is 6.68. The Kier molecular flexibility index (Phi) is 8.20. The Morgan fingerprint density at radius 3 is 2.48 bits per heavy atom. The van der Waals surface area contributed by atoms with Crippen LogP contribution < -0.4 is 24.8 Å². The van der Waals surface area contributed by atoms with E-state index in [0.717, 1.165) is 5.69 Å². The predicted molar refractivity (Wildman–Crippen MR) is 104 cm³/mol. The van der Waals surface area contributed by atoms with E-state index in [1.165, 1.54) is 65.8 Å². The zero-order valence-electron chi connectivity index (χ0n) is 14.7. The van der Waals surface area contributed by atoms with Crippen LogP contribution in [0.25, 0.3) is 11.6 Å². The third-order valence-corrected chi connectivity index (χ3v) is 7.04. The molecule has 0 fully saturated rings. The van der Waals surface area contributed by atoms with E-state index in [0.29, 0.717) is 3.63 Å². The fourth-order valence-corrected chi connectivity index (χ4v) is 5.40. The van der Waals surface area contributed by atoms with Crippen molar-refractivity contribution < 1.29 is 49.5 Å². The van der Waals surface area contributed by atoms with Crippen LogP contribution >= 0.6 is 8.20 Å². The van der Waals surface area contributed by atoms with Crippen molar-refractivity contribution >= 4 is 25.1 Å². The standard InChI is InChI=1S/C14H10N.C8H7P.2ClH.Zr/c1-2-6-12-10-13(9-11(12)5-1)14-7-3-4-8-15-14;1-6-5-7-3-2-4-8(7)9-6;;;/h1-10H;2-5H,1H3;2*1H;/q;;;;+2/p-2. The topological polar surface area (TPSA) is 12.9 Å². The average molecular weight is 488 g/mol. The molecule has 3 aliphatic rings. The van der Waals surface area contributed by atoms with Gasteiger partial charge in [0.15, 0.2) is 0 Å². The summed E-state index contributed by atoms with van der Waals surface area (Å²) in [6.45, 7) is 2.17. The number of allylic oxidation sites excluding steroid dienone is 7. The first-order valence-electron chi connectivity index (χ1n) is 8.31. The number of pyridine rings is 1. The molecule has 0 amide bonds. The van der Waals surface area contributed by atoms with Crippen LogP contribution in [0.15, 0.2) is 83.9 Å². The van der Waals surface area contributed by atoms with Crippen molar-refractivity contribution in [2.45, 2.75) is 10.5 Å². The molecule has 27 heavy (non-hydrogen) atoms. The Morgan fingerprint density at radius 2 is 1.78 bits per heavy atom. The summed E-state index contributed by atoms with van der Waals surface area (Å²) in [5.74, 6) is 0. The molecule has 5 heteroatoms. The quantitative estimate of drug-likeness (QED) is 0.505. The normalized spacial score (nSPS) is 18.4. The third kappa shape index (κ3) is 4.87. The van der Waals surface area contributed by atoms with E-state index in [1.54, 1.807) is 0 Å². The van der Waals surface area contributed by atoms with E-state index < -0.39 is 0 Å². The molecule has 0 saturated carbocycles. The summed E-state index contributed by atoms with van der Waals surface area (Å²) in [6.07, 6.45) is 12.8. The van der Waals surface area contributed by atoms with E-state index in [4.69, 9.17) is 0 Å². The third-order valence-electron chi connectivity index (χ3n) is 4.38. The first-order valence-corrected chi connectivity index (χ1v) is 10.6. The number of benzene rings is 1. The molecule has 1 aliphatic heterocycles. The average Bonchev–Trinajstić information content (AvgIpc) is 3.30. The Labute approximate surface area is 189 Å². The summed E-state index contributed by atoms with van der Waals surface area (Å²) in [5, 5.41) is 2.92. The SMILES string of the molecule is CC1=PC2=CC=CC2=C1.[Cl-].[Cl-].[Zr+2][CH]1C(c2ccccn2)=Cc2ccccc21. The van der Waals surface area contributed by atoms with Gasteiger partial charge in [-0.2, -0.15) is 0 Å². The molecule has 1 atom stereocenters. The van der Waals surface area contributed by atoms with E-state index in [9.17, 15) is 0 Å². The van der Waals surface area contributed by atoms with Crippen LogP contribution in [0.4, 0.5) is 0 Å². The van der Waals surface area contributed by atoms with Crippen LogP contribution in [0, 0.1) is 0 Å². The number of hydrogen-bond acceptors (Lipinski definition) is 1. The summed E-state index contributed by atoms with van der Waals surface area (Å²) >= 11 is 1.53. The van der Waals surface area contributed by atoms with Crippen LogP contribution in [0.1, 0.15) is 27.4 Å². The molecule has 1 aromatic heterocycles. The molecule has 0 N–H and O–H groups in total. The molecule has 0 bridgehead atoms. The van der Waals surface area contributed by atoms with E-state index >= 15 is 0 Å². The molecule has 0 radical (unpaired) electrons. The molecule has 5 rings (SSSR count). The van der Waals surface area contributed by atoms with Crippen LogP contribution in [0.5, 0.6) is 0 Å². The zero-order chi connectivity index (χ0) is 17.2. The zero-order valence-corrected chi connectivity index (χ0v) is 19.6. The Morgan fingerprint density at radius 1 is 1.00 bits per heavy atom. The van der Waals surface area contributed by atoms with Gasteiger partial charge in [0.1, 0.15) is 0 Å². The second-order valence-electron chi connectivity index (χ2n) is 6.14. The number of fused-ring (bicyclic) bond motifs is 2. The molecule has 0 saturated heterocycles. The first-order chi connectivity index (χ1) is 12.2. The summed E-state index contributed by atoms with van der Waals surface area (Å²) < 4.78 is 0.540. The molecule has 0 spiro atoms. The Balaban J connectivity index is 0.000000205. The summed E-state index contributed by atoms with van der Waals surface area (Å²) in [6, 6.07) is 14.7. The van der Waals surface area contributed by atoms with Crippen molar-refractivity contribution in [2.75, 3.05) is 0 Å². The number of nitrogens with zero attached hydrogens (tertiary/aromatic N) is 1. The Hall–Kier alpha value is -1.04. The summed E-state index contributed by atoms with van der Waals surface area (Å²) in [7, 11) is 1.40. The van der Waals surface area contributed by atoms with E-state index in [1.807, 2.05) is 12.3 Å². The number of hydrogen-bond donors (Lipinski definition) is 0. The fourth-order valence-electron chi connectivity index (χ4n) is 3.17. The van der Waals surface area contributed by atoms with Crippen molar-refractivity contribution in [3.05, 3.63) is 101 Å². The Bertz CT molecular complexity index is 975. The minimum absolute atomic E-state index is 0. The fraction of sp³-hybridized carbons (Fsp3) is 0.0909. The molecular weight excluding hydrogens is 471 g/mol. The molecule has 133 valence electrons. The number of aromatic nitrogens is 1. The van der Waals surface area contributed by atoms with Gasteiger partial charge in [0.05, 0.1) is 0 Å². The van der Waals surface area contributed by atoms with Gasteiger partial charge >= 0.3 is 110 Å². The van der Waals surface area contributed by atoms with Crippen molar-refractivity contribution in [1.82, 2.24) is 4.98 Å². The monoisotopic (exact) mass is 486 g/mol. The number of halogens is 2. The second kappa shape index (κ2) is 9.95. The van der Waals surface area contributed by atoms with Crippen molar-refractivity contribution in [3.63, 3.8) is 0 Å². The second-order valence-corrected chi connectivity index (χ2v) is 8.97. The van der Waals surface area contributed by atoms with Gasteiger partial charge < -0.3 is 24.8 Å². The van der Waals surface area contributed by atoms with Crippen LogP contribution in [0.2, 0.25) is 0 Å². The van der Waals surface area contributed by atoms with Crippen molar-refractivity contribution in [1.29, 1.82) is 0 Å². The maximum atomic E-state index is 4.44. The van der Waals surface area contributed by atoms with Crippen LogP contribution in [0.3, 0.4) is 0 Å². The van der Waals surface area contributed by atoms with Gasteiger partial charge in [-0.15, -0.1) is 0 Å². The van der Waals surface area contributed by atoms with Crippen molar-refractivity contribution in [2.24, 2.45) is 0 Å². The minimum atomic E-state index is 0. The molecule has 1 unspecified atom stereocenters. The van der Waals surface area contributed by atoms with Gasteiger partial charge in [-0.1, -0.05) is 20.4 Å². The van der Waals surface area contributed by atoms with Gasteiger partial charge in [-0.25, -0.2) is 0 Å². The van der Waals surface area contributed by atoms with Gasteiger partial charge in [-0.05, 0) is 29.9 Å². The van der Waals surface area contributed by atoms with Gasteiger partial charge in [-0.3, -0.25) is 0 Å². The molecule has 1 aromatic carbocycles. The molecule has 2 aliphatic carbocycles. The van der Waals surface area contributed by atoms with E-state index in [-0.39, 0.29) is 24.8 Å². The molecule has 2 aromatic rings. The van der Waals surface area contributed by atoms with Gasteiger partial charge in [0, 0.05) is 5.31 Å². The van der Waals surface area contributed by atoms with E-state index in [2.05, 4.69) is 78.7 Å². The van der Waals surface area contributed by atoms with Gasteiger partial charge in [0.25, 0.3) is 0 Å². The number of rotatable bonds is 1. The first kappa shape index (κ1) is 22.3. The predicted octanol–water partition coefficient (Wildman–Crippen LogP) is -0.250. The summed E-state index contributed by atoms with van der Waals surface area (Å²) in [4.78, 5) is 4.44. The van der Waals surface area contributed by atoms with Gasteiger partial charge in [0.2, 0.25) is 0 Å². The molecular formula is C22H17Cl2NPZr. The maximum absolute atomic E-state index is 4.44.